The van der Waals surface area contributed by atoms with E-state index in [-0.39, 0.29) is 18.4 Å². The van der Waals surface area contributed by atoms with E-state index in [1.165, 1.54) is 4.90 Å². The number of benzene rings is 1. The third kappa shape index (κ3) is 4.82. The predicted octanol–water partition coefficient (Wildman–Crippen LogP) is 3.13. The van der Waals surface area contributed by atoms with Crippen molar-refractivity contribution in [3.63, 3.8) is 0 Å². The lowest BCUT2D eigenvalue weighted by Crippen LogP contribution is -2.38. The highest BCUT2D eigenvalue weighted by Gasteiger charge is 2.18. The molecular formula is C16H18ClN3O3. The summed E-state index contributed by atoms with van der Waals surface area (Å²) in [5.74, 6) is 0.398. The van der Waals surface area contributed by atoms with Crippen molar-refractivity contribution in [3.8, 4) is 0 Å². The molecule has 0 saturated heterocycles. The SMILES string of the molecule is CCCN(CC(=O)Nc1cc(C)on1)C(=O)c1ccc(Cl)cc1. The van der Waals surface area contributed by atoms with Gasteiger partial charge in [0.15, 0.2) is 5.82 Å². The first-order chi connectivity index (χ1) is 11.0. The number of amides is 2. The summed E-state index contributed by atoms with van der Waals surface area (Å²) < 4.78 is 4.89. The molecule has 0 aliphatic carbocycles. The highest BCUT2D eigenvalue weighted by molar-refractivity contribution is 6.30. The maximum absolute atomic E-state index is 12.5. The monoisotopic (exact) mass is 335 g/mol. The van der Waals surface area contributed by atoms with Gasteiger partial charge in [-0.3, -0.25) is 9.59 Å². The molecule has 0 atom stereocenters. The zero-order valence-electron chi connectivity index (χ0n) is 13.0. The van der Waals surface area contributed by atoms with Crippen molar-refractivity contribution in [1.82, 2.24) is 10.1 Å². The van der Waals surface area contributed by atoms with Gasteiger partial charge in [-0.1, -0.05) is 23.7 Å². The number of carbonyl (C=O) groups is 2. The van der Waals surface area contributed by atoms with E-state index in [9.17, 15) is 9.59 Å². The van der Waals surface area contributed by atoms with Crippen LogP contribution in [-0.4, -0.2) is 35.0 Å². The number of aromatic nitrogens is 1. The molecule has 1 heterocycles. The zero-order chi connectivity index (χ0) is 16.8. The van der Waals surface area contributed by atoms with Gasteiger partial charge in [0, 0.05) is 23.2 Å². The number of nitrogens with zero attached hydrogens (tertiary/aromatic N) is 2. The lowest BCUT2D eigenvalue weighted by molar-refractivity contribution is -0.116. The predicted molar refractivity (Wildman–Crippen MR) is 87.5 cm³/mol. The molecule has 0 aliphatic rings. The summed E-state index contributed by atoms with van der Waals surface area (Å²) in [6, 6.07) is 8.20. The number of rotatable bonds is 6. The molecular weight excluding hydrogens is 318 g/mol. The van der Waals surface area contributed by atoms with Crippen molar-refractivity contribution in [2.24, 2.45) is 0 Å². The van der Waals surface area contributed by atoms with E-state index in [2.05, 4.69) is 10.5 Å². The molecule has 1 N–H and O–H groups in total. The van der Waals surface area contributed by atoms with Crippen LogP contribution >= 0.6 is 11.6 Å². The lowest BCUT2D eigenvalue weighted by Gasteiger charge is -2.21. The standard InChI is InChI=1S/C16H18ClN3O3/c1-3-8-20(16(22)12-4-6-13(17)7-5-12)10-15(21)18-14-9-11(2)23-19-14/h4-7,9H,3,8,10H2,1-2H3,(H,18,19,21). The van der Waals surface area contributed by atoms with Crippen LogP contribution in [-0.2, 0) is 4.79 Å². The first-order valence-corrected chi connectivity index (χ1v) is 7.65. The van der Waals surface area contributed by atoms with Gasteiger partial charge in [-0.05, 0) is 37.6 Å². The van der Waals surface area contributed by atoms with Crippen LogP contribution in [0.25, 0.3) is 0 Å². The Hall–Kier alpha value is -2.34. The van der Waals surface area contributed by atoms with E-state index in [0.29, 0.717) is 28.7 Å². The molecule has 23 heavy (non-hydrogen) atoms. The summed E-state index contributed by atoms with van der Waals surface area (Å²) in [6.07, 6.45) is 0.746. The second-order valence-corrected chi connectivity index (χ2v) is 5.54. The van der Waals surface area contributed by atoms with E-state index in [0.717, 1.165) is 6.42 Å². The fourth-order valence-corrected chi connectivity index (χ4v) is 2.20. The minimum Gasteiger partial charge on any atom is -0.360 e. The second-order valence-electron chi connectivity index (χ2n) is 5.10. The summed E-state index contributed by atoms with van der Waals surface area (Å²) >= 11 is 5.83. The summed E-state index contributed by atoms with van der Waals surface area (Å²) in [7, 11) is 0. The molecule has 1 aromatic heterocycles. The zero-order valence-corrected chi connectivity index (χ0v) is 13.8. The van der Waals surface area contributed by atoms with E-state index in [1.807, 2.05) is 6.92 Å². The van der Waals surface area contributed by atoms with Gasteiger partial charge in [0.25, 0.3) is 5.91 Å². The normalized spacial score (nSPS) is 10.4. The minimum atomic E-state index is -0.325. The third-order valence-corrected chi connectivity index (χ3v) is 3.35. The van der Waals surface area contributed by atoms with Crippen molar-refractivity contribution in [1.29, 1.82) is 0 Å². The molecule has 0 spiro atoms. The second kappa shape index (κ2) is 7.78. The highest BCUT2D eigenvalue weighted by atomic mass is 35.5. The molecule has 1 aromatic carbocycles. The van der Waals surface area contributed by atoms with Gasteiger partial charge < -0.3 is 14.7 Å². The molecule has 0 fully saturated rings. The summed E-state index contributed by atoms with van der Waals surface area (Å²) in [5, 5.41) is 6.86. The Morgan fingerprint density at radius 1 is 1.30 bits per heavy atom. The van der Waals surface area contributed by atoms with Gasteiger partial charge in [-0.15, -0.1) is 0 Å². The Morgan fingerprint density at radius 2 is 2.00 bits per heavy atom. The van der Waals surface area contributed by atoms with Crippen LogP contribution in [0.5, 0.6) is 0 Å². The van der Waals surface area contributed by atoms with Gasteiger partial charge in [-0.25, -0.2) is 0 Å². The Morgan fingerprint density at radius 3 is 2.57 bits per heavy atom. The summed E-state index contributed by atoms with van der Waals surface area (Å²) in [6.45, 7) is 4.10. The smallest absolute Gasteiger partial charge is 0.254 e. The molecule has 0 saturated carbocycles. The van der Waals surface area contributed by atoms with Crippen LogP contribution in [0, 0.1) is 6.92 Å². The van der Waals surface area contributed by atoms with Gasteiger partial charge in [-0.2, -0.15) is 0 Å². The third-order valence-electron chi connectivity index (χ3n) is 3.10. The van der Waals surface area contributed by atoms with Crippen LogP contribution in [0.2, 0.25) is 5.02 Å². The molecule has 0 bridgehead atoms. The first kappa shape index (κ1) is 17.0. The van der Waals surface area contributed by atoms with Crippen LogP contribution in [0.3, 0.4) is 0 Å². The first-order valence-electron chi connectivity index (χ1n) is 7.27. The van der Waals surface area contributed by atoms with Crippen LogP contribution in [0.15, 0.2) is 34.9 Å². The quantitative estimate of drug-likeness (QED) is 0.880. The molecule has 0 unspecified atom stereocenters. The van der Waals surface area contributed by atoms with Crippen molar-refractivity contribution >= 4 is 29.2 Å². The maximum Gasteiger partial charge on any atom is 0.254 e. The van der Waals surface area contributed by atoms with Gasteiger partial charge in [0.1, 0.15) is 12.3 Å². The number of aryl methyl sites for hydroxylation is 1. The molecule has 2 rings (SSSR count). The van der Waals surface area contributed by atoms with Gasteiger partial charge >= 0.3 is 0 Å². The molecule has 0 aliphatic heterocycles. The Balaban J connectivity index is 2.03. The molecule has 7 heteroatoms. The fourth-order valence-electron chi connectivity index (χ4n) is 2.08. The molecule has 6 nitrogen and oxygen atoms in total. The van der Waals surface area contributed by atoms with Crippen molar-refractivity contribution in [2.75, 3.05) is 18.4 Å². The summed E-state index contributed by atoms with van der Waals surface area (Å²) in [4.78, 5) is 26.1. The molecule has 122 valence electrons. The average Bonchev–Trinajstić information content (AvgIpc) is 2.92. The molecule has 2 amide bonds. The van der Waals surface area contributed by atoms with Crippen LogP contribution in [0.4, 0.5) is 5.82 Å². The number of carbonyl (C=O) groups excluding carboxylic acids is 2. The van der Waals surface area contributed by atoms with Crippen molar-refractivity contribution in [2.45, 2.75) is 20.3 Å². The molecule has 0 radical (unpaired) electrons. The molecule has 2 aromatic rings. The van der Waals surface area contributed by atoms with E-state index < -0.39 is 0 Å². The van der Waals surface area contributed by atoms with Gasteiger partial charge in [0.05, 0.1) is 0 Å². The average molecular weight is 336 g/mol. The number of halogens is 1. The highest BCUT2D eigenvalue weighted by Crippen LogP contribution is 2.12. The minimum absolute atomic E-state index is 0.0544. The largest absolute Gasteiger partial charge is 0.360 e. The Kier molecular flexibility index (Phi) is 5.76. The van der Waals surface area contributed by atoms with Crippen LogP contribution in [0.1, 0.15) is 29.5 Å². The lowest BCUT2D eigenvalue weighted by atomic mass is 10.2. The van der Waals surface area contributed by atoms with E-state index in [4.69, 9.17) is 16.1 Å². The Labute approximate surface area is 139 Å². The van der Waals surface area contributed by atoms with Crippen molar-refractivity contribution < 1.29 is 14.1 Å². The number of hydrogen-bond acceptors (Lipinski definition) is 4. The van der Waals surface area contributed by atoms with Gasteiger partial charge in [0.2, 0.25) is 5.91 Å². The topological polar surface area (TPSA) is 75.4 Å². The maximum atomic E-state index is 12.5. The fraction of sp³-hybridized carbons (Fsp3) is 0.312. The van der Waals surface area contributed by atoms with E-state index >= 15 is 0 Å². The number of anilines is 1. The number of nitrogens with one attached hydrogen (secondary N) is 1. The number of hydrogen-bond donors (Lipinski definition) is 1. The Bertz CT molecular complexity index is 682. The van der Waals surface area contributed by atoms with Crippen LogP contribution < -0.4 is 5.32 Å². The van der Waals surface area contributed by atoms with Crippen molar-refractivity contribution in [3.05, 3.63) is 46.7 Å². The van der Waals surface area contributed by atoms with E-state index in [1.54, 1.807) is 37.3 Å². The summed E-state index contributed by atoms with van der Waals surface area (Å²) in [5.41, 5.74) is 0.493.